The van der Waals surface area contributed by atoms with E-state index in [2.05, 4.69) is 20.4 Å². The average Bonchev–Trinajstić information content (AvgIpc) is 3.19. The molecule has 0 atom stereocenters. The van der Waals surface area contributed by atoms with E-state index in [0.717, 1.165) is 22.2 Å². The molecule has 0 radical (unpaired) electrons. The van der Waals surface area contributed by atoms with Crippen molar-refractivity contribution in [3.63, 3.8) is 0 Å². The number of nitrogens with zero attached hydrogens (tertiary/aromatic N) is 5. The summed E-state index contributed by atoms with van der Waals surface area (Å²) in [5, 5.41) is 8.97. The third-order valence-electron chi connectivity index (χ3n) is 6.00. The molecule has 0 saturated heterocycles. The monoisotopic (exact) mass is 453 g/mol. The molecule has 9 heteroatoms. The van der Waals surface area contributed by atoms with E-state index in [0.29, 0.717) is 22.1 Å². The molecule has 1 amide bonds. The van der Waals surface area contributed by atoms with E-state index in [9.17, 15) is 9.59 Å². The van der Waals surface area contributed by atoms with Crippen molar-refractivity contribution in [1.29, 1.82) is 0 Å². The molecule has 170 valence electrons. The van der Waals surface area contributed by atoms with Crippen molar-refractivity contribution in [1.82, 2.24) is 29.6 Å². The number of para-hydroxylation sites is 1. The minimum absolute atomic E-state index is 0.114. The highest BCUT2D eigenvalue weighted by Gasteiger charge is 2.22. The predicted molar refractivity (Wildman–Crippen MR) is 131 cm³/mol. The molecule has 5 aromatic rings. The van der Waals surface area contributed by atoms with Gasteiger partial charge in [-0.2, -0.15) is 5.10 Å². The van der Waals surface area contributed by atoms with Crippen LogP contribution in [0.4, 0.5) is 5.82 Å². The molecule has 0 bridgehead atoms. The van der Waals surface area contributed by atoms with Crippen molar-refractivity contribution in [2.45, 2.75) is 20.4 Å². The fraction of sp³-hybridized carbons (Fsp3) is 0.160. The number of pyridine rings is 1. The molecule has 0 fully saturated rings. The fourth-order valence-corrected chi connectivity index (χ4v) is 4.36. The topological polar surface area (TPSA) is 121 Å². The van der Waals surface area contributed by atoms with Crippen LogP contribution in [0.1, 0.15) is 27.3 Å². The zero-order valence-corrected chi connectivity index (χ0v) is 19.0. The maximum atomic E-state index is 13.8. The number of hydrogen-bond donors (Lipinski definition) is 2. The largest absolute Gasteiger partial charge is 0.383 e. The Morgan fingerprint density at radius 3 is 2.56 bits per heavy atom. The van der Waals surface area contributed by atoms with Gasteiger partial charge in [-0.1, -0.05) is 36.4 Å². The summed E-state index contributed by atoms with van der Waals surface area (Å²) in [5.74, 6) is -0.226. The van der Waals surface area contributed by atoms with Gasteiger partial charge in [0.1, 0.15) is 12.1 Å². The van der Waals surface area contributed by atoms with Crippen LogP contribution in [-0.4, -0.2) is 37.3 Å². The van der Waals surface area contributed by atoms with E-state index in [1.54, 1.807) is 9.25 Å². The van der Waals surface area contributed by atoms with Gasteiger partial charge in [0.25, 0.3) is 11.5 Å². The number of aryl methyl sites for hydroxylation is 2. The Kier molecular flexibility index (Phi) is 5.09. The number of anilines is 1. The van der Waals surface area contributed by atoms with Gasteiger partial charge in [-0.05, 0) is 42.5 Å². The molecule has 3 heterocycles. The number of carbonyl (C=O) groups is 1. The van der Waals surface area contributed by atoms with Crippen molar-refractivity contribution in [2.24, 2.45) is 0 Å². The number of fused-ring (bicyclic) bond motifs is 2. The summed E-state index contributed by atoms with van der Waals surface area (Å²) in [7, 11) is 1.52. The molecule has 9 nitrogen and oxygen atoms in total. The highest BCUT2D eigenvalue weighted by Crippen LogP contribution is 2.25. The Morgan fingerprint density at radius 2 is 1.79 bits per heavy atom. The van der Waals surface area contributed by atoms with Crippen LogP contribution in [0, 0.1) is 13.8 Å². The Balaban J connectivity index is 1.81. The lowest BCUT2D eigenvalue weighted by atomic mass is 10.1. The van der Waals surface area contributed by atoms with Crippen molar-refractivity contribution < 1.29 is 4.79 Å². The quantitative estimate of drug-likeness (QED) is 0.432. The van der Waals surface area contributed by atoms with E-state index in [4.69, 9.17) is 5.73 Å². The Morgan fingerprint density at radius 1 is 1.03 bits per heavy atom. The number of benzene rings is 2. The van der Waals surface area contributed by atoms with Crippen LogP contribution in [0.15, 0.2) is 59.7 Å². The number of nitrogens with one attached hydrogen (secondary N) is 1. The molecule has 0 aliphatic carbocycles. The van der Waals surface area contributed by atoms with Crippen molar-refractivity contribution in [3.05, 3.63) is 87.7 Å². The first-order valence-electron chi connectivity index (χ1n) is 10.8. The van der Waals surface area contributed by atoms with Gasteiger partial charge in [-0.3, -0.25) is 14.2 Å². The van der Waals surface area contributed by atoms with Gasteiger partial charge >= 0.3 is 0 Å². The number of amides is 1. The van der Waals surface area contributed by atoms with E-state index in [1.165, 1.54) is 13.4 Å². The number of carbonyl (C=O) groups excluding carboxylic acids is 1. The molecule has 0 saturated carbocycles. The minimum Gasteiger partial charge on any atom is -0.383 e. The lowest BCUT2D eigenvalue weighted by molar-refractivity contribution is 0.0959. The van der Waals surface area contributed by atoms with E-state index >= 15 is 0 Å². The summed E-state index contributed by atoms with van der Waals surface area (Å²) in [6.45, 7) is 4.09. The first kappa shape index (κ1) is 21.3. The number of nitrogens with two attached hydrogens (primary N) is 1. The van der Waals surface area contributed by atoms with Crippen LogP contribution in [0.3, 0.4) is 0 Å². The lowest BCUT2D eigenvalue weighted by Crippen LogP contribution is -2.25. The average molecular weight is 454 g/mol. The van der Waals surface area contributed by atoms with Gasteiger partial charge in [-0.25, -0.2) is 14.6 Å². The van der Waals surface area contributed by atoms with E-state index in [1.807, 2.05) is 62.4 Å². The highest BCUT2D eigenvalue weighted by molar-refractivity contribution is 6.07. The maximum Gasteiger partial charge on any atom is 0.272 e. The summed E-state index contributed by atoms with van der Waals surface area (Å²) in [6, 6.07) is 15.5. The van der Waals surface area contributed by atoms with Gasteiger partial charge in [0.15, 0.2) is 11.3 Å². The summed E-state index contributed by atoms with van der Waals surface area (Å²) in [4.78, 5) is 34.7. The first-order valence-corrected chi connectivity index (χ1v) is 10.8. The number of hydrogen-bond acceptors (Lipinski definition) is 6. The molecular weight excluding hydrogens is 430 g/mol. The van der Waals surface area contributed by atoms with Crippen LogP contribution in [-0.2, 0) is 6.54 Å². The van der Waals surface area contributed by atoms with Crippen LogP contribution < -0.4 is 16.6 Å². The maximum absolute atomic E-state index is 13.8. The second kappa shape index (κ2) is 8.11. The molecule has 0 unspecified atom stereocenters. The van der Waals surface area contributed by atoms with Crippen molar-refractivity contribution in [3.8, 4) is 5.69 Å². The van der Waals surface area contributed by atoms with Gasteiger partial charge in [0.2, 0.25) is 0 Å². The molecule has 0 aliphatic rings. The van der Waals surface area contributed by atoms with E-state index < -0.39 is 5.91 Å². The lowest BCUT2D eigenvalue weighted by Gasteiger charge is -2.17. The van der Waals surface area contributed by atoms with E-state index in [-0.39, 0.29) is 23.6 Å². The summed E-state index contributed by atoms with van der Waals surface area (Å²) >= 11 is 0. The molecule has 3 aromatic heterocycles. The smallest absolute Gasteiger partial charge is 0.272 e. The molecule has 0 spiro atoms. The second-order valence-corrected chi connectivity index (χ2v) is 8.14. The summed E-state index contributed by atoms with van der Waals surface area (Å²) < 4.78 is 3.30. The number of nitrogen functional groups attached to an aromatic ring is 1. The highest BCUT2D eigenvalue weighted by atomic mass is 16.2. The minimum atomic E-state index is -0.393. The zero-order valence-electron chi connectivity index (χ0n) is 19.0. The predicted octanol–water partition coefficient (Wildman–Crippen LogP) is 2.74. The van der Waals surface area contributed by atoms with Crippen LogP contribution in [0.5, 0.6) is 0 Å². The Labute approximate surface area is 194 Å². The van der Waals surface area contributed by atoms with Gasteiger partial charge < -0.3 is 11.1 Å². The second-order valence-electron chi connectivity index (χ2n) is 8.14. The van der Waals surface area contributed by atoms with Gasteiger partial charge in [-0.15, -0.1) is 0 Å². The van der Waals surface area contributed by atoms with Crippen LogP contribution in [0.2, 0.25) is 0 Å². The summed E-state index contributed by atoms with van der Waals surface area (Å²) in [5.41, 5.74) is 9.86. The molecular formula is C25H23N7O2. The third-order valence-corrected chi connectivity index (χ3v) is 6.00. The first-order chi connectivity index (χ1) is 16.4. The summed E-state index contributed by atoms with van der Waals surface area (Å²) in [6.07, 6.45) is 1.33. The van der Waals surface area contributed by atoms with Crippen molar-refractivity contribution >= 4 is 33.5 Å². The zero-order chi connectivity index (χ0) is 24.0. The molecule has 5 rings (SSSR count). The Bertz CT molecular complexity index is 1650. The number of rotatable bonds is 4. The van der Waals surface area contributed by atoms with Gasteiger partial charge in [0.05, 0.1) is 23.0 Å². The SMILES string of the molecule is CNC(=O)c1nn(Cc2cc3cccc(C)c3c(=O)n2-c2ccccc2C)c2ncnc(N)c12. The fourth-order valence-electron chi connectivity index (χ4n) is 4.36. The Hall–Kier alpha value is -4.53. The molecule has 2 aromatic carbocycles. The normalized spacial score (nSPS) is 11.3. The van der Waals surface area contributed by atoms with Crippen molar-refractivity contribution in [2.75, 3.05) is 12.8 Å². The van der Waals surface area contributed by atoms with Crippen LogP contribution in [0.25, 0.3) is 27.5 Å². The molecule has 3 N–H and O–H groups in total. The molecule has 34 heavy (non-hydrogen) atoms. The van der Waals surface area contributed by atoms with Gasteiger partial charge in [0, 0.05) is 12.7 Å². The third kappa shape index (κ3) is 3.29. The molecule has 0 aliphatic heterocycles. The number of aromatic nitrogens is 5. The standard InChI is InChI=1S/C25H23N7O2/c1-14-7-4-5-10-18(14)32-17(11-16-9-6-8-15(2)19(16)25(32)34)12-31-23-20(22(26)28-13-29-23)21(30-31)24(33)27-3/h4-11,13H,12H2,1-3H3,(H,27,33)(H2,26,28,29). The van der Waals surface area contributed by atoms with Crippen LogP contribution >= 0.6 is 0 Å².